The summed E-state index contributed by atoms with van der Waals surface area (Å²) in [4.78, 5) is 37.3. The highest BCUT2D eigenvalue weighted by atomic mass is 16.7. The number of carbonyl (C=O) groups excluding carboxylic acids is 3. The van der Waals surface area contributed by atoms with Crippen molar-refractivity contribution < 1.29 is 42.9 Å². The van der Waals surface area contributed by atoms with E-state index in [4.69, 9.17) is 18.9 Å². The Balaban J connectivity index is 4.24. The molecule has 0 aliphatic carbocycles. The molecule has 0 aliphatic rings. The topological polar surface area (TPSA) is 111 Å². The Morgan fingerprint density at radius 2 is 0.781 bits per heavy atom. The van der Waals surface area contributed by atoms with Gasteiger partial charge in [0, 0.05) is 12.8 Å². The second-order valence-corrected chi connectivity index (χ2v) is 21.3. The number of esters is 2. The SMILES string of the molecule is CC/C=C\C/C=C\C/C=C\C/C=C\C/C=C\CCCCCCCCCC(=O)OC(COC(=O)CCCCCCCCCCCCCCC/C=C\CCCCCCCCCC)COC(OCC[N+](C)(C)C)C(=O)[O-]. The summed E-state index contributed by atoms with van der Waals surface area (Å²) in [7, 11) is 5.92. The van der Waals surface area contributed by atoms with Gasteiger partial charge in [-0.1, -0.05) is 234 Å². The standard InChI is InChI=1S/C64H113NO8/c1-6-8-10-12-14-16-18-20-22-24-26-28-30-31-33-34-36-38-40-42-44-46-48-50-52-54-61(66)71-58-60(59-72-64(63(68)69)70-57-56-65(3,4)5)73-62(67)55-53-51-49-47-45-43-41-39-37-35-32-29-27-25-23-21-19-17-15-13-11-9-7-2/h9,11,15,17,21,23-24,26-27,29,35,37,60,64H,6-8,10,12-14,16,18-20,22,25,28,30-34,36,38-59H2,1-5H3/b11-9-,17-15-,23-21-,26-24-,29-27-,37-35-. The molecular weight excluding hydrogens is 911 g/mol. The fraction of sp³-hybridized carbons (Fsp3) is 0.766. The molecule has 2 atom stereocenters. The van der Waals surface area contributed by atoms with Crippen molar-refractivity contribution in [2.75, 3.05) is 47.5 Å². The highest BCUT2D eigenvalue weighted by Gasteiger charge is 2.22. The quantitative estimate of drug-likeness (QED) is 0.0195. The van der Waals surface area contributed by atoms with Crippen molar-refractivity contribution in [1.29, 1.82) is 0 Å². The zero-order chi connectivity index (χ0) is 53.4. The highest BCUT2D eigenvalue weighted by Crippen LogP contribution is 2.16. The van der Waals surface area contributed by atoms with E-state index in [-0.39, 0.29) is 38.6 Å². The molecule has 0 saturated carbocycles. The molecule has 422 valence electrons. The molecule has 0 aromatic rings. The van der Waals surface area contributed by atoms with Crippen LogP contribution in [-0.2, 0) is 33.3 Å². The van der Waals surface area contributed by atoms with Crippen LogP contribution < -0.4 is 5.11 Å². The van der Waals surface area contributed by atoms with E-state index in [0.29, 0.717) is 17.4 Å². The van der Waals surface area contributed by atoms with Crippen molar-refractivity contribution in [2.24, 2.45) is 0 Å². The number of nitrogens with zero attached hydrogens (tertiary/aromatic N) is 1. The molecule has 0 aromatic carbocycles. The van der Waals surface area contributed by atoms with Gasteiger partial charge in [0.25, 0.3) is 0 Å². The van der Waals surface area contributed by atoms with E-state index < -0.39 is 24.3 Å². The fourth-order valence-electron chi connectivity index (χ4n) is 8.32. The summed E-state index contributed by atoms with van der Waals surface area (Å²) in [5.74, 6) is -2.29. The van der Waals surface area contributed by atoms with Crippen LogP contribution in [0.25, 0.3) is 0 Å². The summed E-state index contributed by atoms with van der Waals surface area (Å²) in [5.41, 5.74) is 0. The Bertz CT molecular complexity index is 1420. The minimum absolute atomic E-state index is 0.143. The van der Waals surface area contributed by atoms with Crippen LogP contribution >= 0.6 is 0 Å². The van der Waals surface area contributed by atoms with E-state index in [1.54, 1.807) is 0 Å². The minimum Gasteiger partial charge on any atom is -0.545 e. The first kappa shape index (κ1) is 69.7. The van der Waals surface area contributed by atoms with Crippen LogP contribution in [0.5, 0.6) is 0 Å². The summed E-state index contributed by atoms with van der Waals surface area (Å²) in [5, 5.41) is 11.8. The summed E-state index contributed by atoms with van der Waals surface area (Å²) in [6, 6.07) is 0. The molecule has 0 fully saturated rings. The molecule has 0 N–H and O–H groups in total. The van der Waals surface area contributed by atoms with E-state index in [1.165, 1.54) is 148 Å². The Morgan fingerprint density at radius 3 is 1.18 bits per heavy atom. The van der Waals surface area contributed by atoms with Crippen LogP contribution in [0.1, 0.15) is 258 Å². The minimum atomic E-state index is -1.63. The number of hydrogen-bond acceptors (Lipinski definition) is 8. The van der Waals surface area contributed by atoms with E-state index in [2.05, 4.69) is 86.8 Å². The summed E-state index contributed by atoms with van der Waals surface area (Å²) in [6.45, 7) is 4.64. The van der Waals surface area contributed by atoms with Crippen LogP contribution in [-0.4, -0.2) is 82.3 Å². The van der Waals surface area contributed by atoms with Gasteiger partial charge in [0.05, 0.1) is 40.3 Å². The Morgan fingerprint density at radius 1 is 0.425 bits per heavy atom. The van der Waals surface area contributed by atoms with Gasteiger partial charge in [-0.25, -0.2) is 0 Å². The first-order valence-corrected chi connectivity index (χ1v) is 30.1. The van der Waals surface area contributed by atoms with Crippen molar-refractivity contribution in [2.45, 2.75) is 270 Å². The molecule has 9 nitrogen and oxygen atoms in total. The number of allylic oxidation sites excluding steroid dienone is 12. The van der Waals surface area contributed by atoms with E-state index in [1.807, 2.05) is 21.1 Å². The molecule has 0 bridgehead atoms. The molecule has 0 spiro atoms. The molecule has 0 aromatic heterocycles. The number of quaternary nitrogens is 1. The van der Waals surface area contributed by atoms with E-state index in [9.17, 15) is 19.5 Å². The van der Waals surface area contributed by atoms with Gasteiger partial charge in [-0.05, 0) is 83.5 Å². The first-order valence-electron chi connectivity index (χ1n) is 30.1. The third-order valence-electron chi connectivity index (χ3n) is 12.9. The van der Waals surface area contributed by atoms with Gasteiger partial charge in [0.2, 0.25) is 0 Å². The summed E-state index contributed by atoms with van der Waals surface area (Å²) >= 11 is 0. The van der Waals surface area contributed by atoms with Crippen molar-refractivity contribution in [3.63, 3.8) is 0 Å². The number of carboxylic acid groups (broad SMARTS) is 1. The third-order valence-corrected chi connectivity index (χ3v) is 12.9. The molecule has 0 amide bonds. The molecule has 9 heteroatoms. The average Bonchev–Trinajstić information content (AvgIpc) is 3.36. The van der Waals surface area contributed by atoms with Crippen LogP contribution in [0.2, 0.25) is 0 Å². The van der Waals surface area contributed by atoms with Gasteiger partial charge in [-0.2, -0.15) is 0 Å². The van der Waals surface area contributed by atoms with Gasteiger partial charge < -0.3 is 33.3 Å². The van der Waals surface area contributed by atoms with Crippen LogP contribution in [0.3, 0.4) is 0 Å². The second kappa shape index (κ2) is 55.0. The van der Waals surface area contributed by atoms with Crippen LogP contribution in [0.4, 0.5) is 0 Å². The molecule has 0 radical (unpaired) electrons. The van der Waals surface area contributed by atoms with Crippen LogP contribution in [0, 0.1) is 0 Å². The number of rotatable bonds is 55. The molecular formula is C64H113NO8. The maximum Gasteiger partial charge on any atom is 0.306 e. The lowest BCUT2D eigenvalue weighted by Gasteiger charge is -2.26. The van der Waals surface area contributed by atoms with Crippen molar-refractivity contribution in [1.82, 2.24) is 0 Å². The molecule has 0 aliphatic heterocycles. The number of hydrogen-bond donors (Lipinski definition) is 0. The van der Waals surface area contributed by atoms with Gasteiger partial charge in [0.1, 0.15) is 13.2 Å². The van der Waals surface area contributed by atoms with Gasteiger partial charge in [0.15, 0.2) is 12.4 Å². The monoisotopic (exact) mass is 1020 g/mol. The number of unbranched alkanes of at least 4 members (excludes halogenated alkanes) is 28. The molecule has 73 heavy (non-hydrogen) atoms. The largest absolute Gasteiger partial charge is 0.545 e. The maximum atomic E-state index is 12.9. The van der Waals surface area contributed by atoms with Crippen molar-refractivity contribution in [3.05, 3.63) is 72.9 Å². The molecule has 2 unspecified atom stereocenters. The number of carboxylic acids is 1. The van der Waals surface area contributed by atoms with Gasteiger partial charge >= 0.3 is 11.9 Å². The average molecular weight is 1020 g/mol. The Labute approximate surface area is 449 Å². The lowest BCUT2D eigenvalue weighted by atomic mass is 10.0. The van der Waals surface area contributed by atoms with Gasteiger partial charge in [-0.3, -0.25) is 9.59 Å². The lowest BCUT2D eigenvalue weighted by Crippen LogP contribution is -2.44. The molecule has 0 heterocycles. The highest BCUT2D eigenvalue weighted by molar-refractivity contribution is 5.70. The number of ether oxygens (including phenoxy) is 4. The molecule has 0 saturated heterocycles. The van der Waals surface area contributed by atoms with Crippen LogP contribution in [0.15, 0.2) is 72.9 Å². The second-order valence-electron chi connectivity index (χ2n) is 21.3. The predicted molar refractivity (Wildman–Crippen MR) is 306 cm³/mol. The molecule has 0 rings (SSSR count). The van der Waals surface area contributed by atoms with E-state index in [0.717, 1.165) is 77.0 Å². The number of carbonyl (C=O) groups is 3. The summed E-state index contributed by atoms with van der Waals surface area (Å²) < 4.78 is 22.7. The maximum absolute atomic E-state index is 12.9. The predicted octanol–water partition coefficient (Wildman–Crippen LogP) is 16.5. The Kier molecular flexibility index (Phi) is 52.5. The normalized spacial score (nSPS) is 13.3. The summed E-state index contributed by atoms with van der Waals surface area (Å²) in [6.07, 6.45) is 68.1. The van der Waals surface area contributed by atoms with Crippen molar-refractivity contribution in [3.8, 4) is 0 Å². The number of aliphatic carboxylic acids is 1. The zero-order valence-electron chi connectivity index (χ0n) is 48.0. The smallest absolute Gasteiger partial charge is 0.306 e. The third kappa shape index (κ3) is 56.3. The fourth-order valence-corrected chi connectivity index (χ4v) is 8.32. The van der Waals surface area contributed by atoms with Crippen molar-refractivity contribution >= 4 is 17.9 Å². The number of likely N-dealkylation sites (N-methyl/N-ethyl adjacent to an activating group) is 1. The zero-order valence-corrected chi connectivity index (χ0v) is 48.0. The Hall–Kier alpha value is -3.27. The van der Waals surface area contributed by atoms with Gasteiger partial charge in [-0.15, -0.1) is 0 Å². The van der Waals surface area contributed by atoms with E-state index >= 15 is 0 Å². The lowest BCUT2D eigenvalue weighted by molar-refractivity contribution is -0.870. The first-order chi connectivity index (χ1) is 35.6.